The van der Waals surface area contributed by atoms with Gasteiger partial charge in [-0.1, -0.05) is 47.7 Å². The number of carbonyl (C=O) groups excluding carboxylic acids is 3. The highest BCUT2D eigenvalue weighted by atomic mass is 32.2. The highest BCUT2D eigenvalue weighted by Gasteiger charge is 2.69. The molecule has 0 spiro atoms. The topological polar surface area (TPSA) is 109 Å². The fraction of sp³-hybridized carbons (Fsp3) is 0.314. The third-order valence-corrected chi connectivity index (χ3v) is 12.8. The summed E-state index contributed by atoms with van der Waals surface area (Å²) in [6.07, 6.45) is -3.98. The van der Waals surface area contributed by atoms with E-state index >= 15 is 0 Å². The van der Waals surface area contributed by atoms with Gasteiger partial charge in [0.2, 0.25) is 11.8 Å². The fourth-order valence-corrected chi connectivity index (χ4v) is 11.2. The molecule has 8 nitrogen and oxygen atoms in total. The fourth-order valence-electron chi connectivity index (χ4n) is 8.31. The molecule has 13 heteroatoms. The minimum Gasteiger partial charge on any atom is -0.484 e. The molecular weight excluding hydrogens is 664 g/mol. The number of rotatable bonds is 6. The van der Waals surface area contributed by atoms with Crippen LogP contribution in [0, 0.1) is 36.5 Å². The summed E-state index contributed by atoms with van der Waals surface area (Å²) in [7, 11) is 0. The second kappa shape index (κ2) is 11.4. The van der Waals surface area contributed by atoms with Crippen molar-refractivity contribution in [1.29, 1.82) is 0 Å². The van der Waals surface area contributed by atoms with Crippen molar-refractivity contribution in [2.45, 2.75) is 35.7 Å². The van der Waals surface area contributed by atoms with Crippen molar-refractivity contribution in [2.75, 3.05) is 16.8 Å². The van der Waals surface area contributed by atoms with Gasteiger partial charge in [0, 0.05) is 21.7 Å². The Morgan fingerprint density at radius 3 is 2.50 bits per heavy atom. The van der Waals surface area contributed by atoms with E-state index in [9.17, 15) is 32.3 Å². The van der Waals surface area contributed by atoms with Crippen LogP contribution < -0.4 is 19.8 Å². The average Bonchev–Trinajstić information content (AvgIpc) is 3.79. The molecule has 2 saturated carbocycles. The van der Waals surface area contributed by atoms with Gasteiger partial charge in [-0.05, 0) is 78.6 Å². The molecule has 3 fully saturated rings. The number of nitrogens with zero attached hydrogens (tertiary/aromatic N) is 1. The molecule has 8 rings (SSSR count). The van der Waals surface area contributed by atoms with Crippen molar-refractivity contribution in [2.24, 2.45) is 29.6 Å². The maximum atomic E-state index is 14.0. The van der Waals surface area contributed by atoms with E-state index in [1.54, 1.807) is 6.07 Å². The van der Waals surface area contributed by atoms with E-state index < -0.39 is 35.4 Å². The van der Waals surface area contributed by atoms with Crippen molar-refractivity contribution < 1.29 is 32.3 Å². The molecule has 0 radical (unpaired) electrons. The van der Waals surface area contributed by atoms with Crippen LogP contribution in [0.4, 0.5) is 24.5 Å². The number of alkyl halides is 3. The van der Waals surface area contributed by atoms with Gasteiger partial charge in [0.05, 0.1) is 28.1 Å². The summed E-state index contributed by atoms with van der Waals surface area (Å²) in [5.74, 6) is -2.89. The van der Waals surface area contributed by atoms with Crippen LogP contribution in [0.3, 0.4) is 0 Å². The van der Waals surface area contributed by atoms with Crippen LogP contribution in [0.2, 0.25) is 0 Å². The first-order valence-electron chi connectivity index (χ1n) is 15.5. The zero-order chi connectivity index (χ0) is 33.5. The predicted molar refractivity (Wildman–Crippen MR) is 174 cm³/mol. The number of benzene rings is 3. The van der Waals surface area contributed by atoms with Gasteiger partial charge in [0.25, 0.3) is 5.91 Å². The van der Waals surface area contributed by atoms with Crippen LogP contribution in [0.1, 0.15) is 33.9 Å². The van der Waals surface area contributed by atoms with E-state index in [1.165, 1.54) is 23.9 Å². The Labute approximate surface area is 280 Å². The highest BCUT2D eigenvalue weighted by Crippen LogP contribution is 2.68. The van der Waals surface area contributed by atoms with Gasteiger partial charge in [-0.3, -0.25) is 24.1 Å². The summed E-state index contributed by atoms with van der Waals surface area (Å²) in [5.41, 5.74) is 1.48. The molecule has 4 aromatic rings. The monoisotopic (exact) mass is 691 g/mol. The second-order valence-corrected chi connectivity index (χ2v) is 14.9. The quantitative estimate of drug-likeness (QED) is 0.225. The number of fused-ring (bicyclic) bond motifs is 9. The summed E-state index contributed by atoms with van der Waals surface area (Å²) in [5, 5.41) is 3.49. The molecule has 246 valence electrons. The Morgan fingerprint density at radius 1 is 0.979 bits per heavy atom. The smallest absolute Gasteiger partial charge is 0.416 e. The maximum absolute atomic E-state index is 14.0. The van der Waals surface area contributed by atoms with Gasteiger partial charge in [-0.15, -0.1) is 11.8 Å². The van der Waals surface area contributed by atoms with Gasteiger partial charge in [-0.25, -0.2) is 0 Å². The number of carbonyl (C=O) groups is 3. The third-order valence-electron chi connectivity index (χ3n) is 10.2. The number of amides is 3. The number of halogens is 3. The molecule has 3 heterocycles. The van der Waals surface area contributed by atoms with E-state index in [4.69, 9.17) is 4.74 Å². The third kappa shape index (κ3) is 4.97. The van der Waals surface area contributed by atoms with Crippen LogP contribution in [-0.4, -0.2) is 34.6 Å². The lowest BCUT2D eigenvalue weighted by Crippen LogP contribution is -2.42. The van der Waals surface area contributed by atoms with Gasteiger partial charge in [-0.2, -0.15) is 13.2 Å². The number of thioether (sulfide) groups is 1. The van der Waals surface area contributed by atoms with E-state index in [0.717, 1.165) is 49.4 Å². The molecule has 1 aromatic heterocycles. The second-order valence-electron chi connectivity index (χ2n) is 12.7. The molecule has 2 N–H and O–H groups in total. The Balaban J connectivity index is 1.09. The molecule has 7 atom stereocenters. The lowest BCUT2D eigenvalue weighted by atomic mass is 9.68. The van der Waals surface area contributed by atoms with Crippen molar-refractivity contribution in [3.63, 3.8) is 0 Å². The molecular formula is C35H28F3N3O5S2. The van der Waals surface area contributed by atoms with E-state index in [-0.39, 0.29) is 52.0 Å². The Morgan fingerprint density at radius 2 is 1.73 bits per heavy atom. The summed E-state index contributed by atoms with van der Waals surface area (Å²) in [4.78, 5) is 57.7. The first-order chi connectivity index (χ1) is 23.0. The molecule has 3 amide bonds. The van der Waals surface area contributed by atoms with E-state index in [1.807, 2.05) is 49.4 Å². The maximum Gasteiger partial charge on any atom is 0.416 e. The molecule has 48 heavy (non-hydrogen) atoms. The first-order valence-corrected chi connectivity index (χ1v) is 17.2. The number of nitrogens with one attached hydrogen (secondary N) is 2. The number of para-hydroxylation sites is 1. The molecule has 6 unspecified atom stereocenters. The van der Waals surface area contributed by atoms with E-state index in [2.05, 4.69) is 10.3 Å². The van der Waals surface area contributed by atoms with Crippen molar-refractivity contribution in [1.82, 2.24) is 4.98 Å². The zero-order valence-corrected chi connectivity index (χ0v) is 27.0. The average molecular weight is 692 g/mol. The normalized spacial score (nSPS) is 27.1. The highest BCUT2D eigenvalue weighted by molar-refractivity contribution is 8.00. The van der Waals surface area contributed by atoms with Gasteiger partial charge < -0.3 is 15.0 Å². The number of aryl methyl sites for hydroxylation is 1. The van der Waals surface area contributed by atoms with Crippen LogP contribution >= 0.6 is 23.1 Å². The number of aromatic nitrogens is 1. The SMILES string of the molecule is Cc1ccccc1NC(=O)COc1cccc([C@H]2c3sc(=O)[nH]c3SC3C4CC(C5C(=O)N(c6cccc(C(F)(F)F)c6)C(=O)C45)C32)c1. The number of ether oxygens (including phenoxy) is 1. The Hall–Kier alpha value is -4.36. The van der Waals surface area contributed by atoms with Crippen LogP contribution in [0.5, 0.6) is 5.75 Å². The van der Waals surface area contributed by atoms with E-state index in [0.29, 0.717) is 17.9 Å². The number of aromatic amines is 1. The lowest BCUT2D eigenvalue weighted by molar-refractivity contribution is -0.137. The van der Waals surface area contributed by atoms with Gasteiger partial charge in [0.15, 0.2) is 6.61 Å². The van der Waals surface area contributed by atoms with Crippen LogP contribution in [0.15, 0.2) is 82.6 Å². The molecule has 4 aliphatic rings. The summed E-state index contributed by atoms with van der Waals surface area (Å²) < 4.78 is 46.5. The summed E-state index contributed by atoms with van der Waals surface area (Å²) in [6.45, 7) is 1.68. The summed E-state index contributed by atoms with van der Waals surface area (Å²) >= 11 is 2.64. The molecule has 2 aliphatic carbocycles. The van der Waals surface area contributed by atoms with Crippen molar-refractivity contribution in [3.05, 3.63) is 104 Å². The molecule has 1 saturated heterocycles. The first kappa shape index (κ1) is 30.9. The number of H-pyrrole nitrogens is 1. The van der Waals surface area contributed by atoms with Gasteiger partial charge >= 0.3 is 11.0 Å². The lowest BCUT2D eigenvalue weighted by Gasteiger charge is -2.43. The zero-order valence-electron chi connectivity index (χ0n) is 25.3. The van der Waals surface area contributed by atoms with Gasteiger partial charge in [0.1, 0.15) is 5.75 Å². The number of thiazole rings is 1. The number of anilines is 2. The summed E-state index contributed by atoms with van der Waals surface area (Å²) in [6, 6.07) is 19.2. The Bertz CT molecular complexity index is 2040. The molecule has 2 bridgehead atoms. The van der Waals surface area contributed by atoms with Crippen LogP contribution in [0.25, 0.3) is 0 Å². The largest absolute Gasteiger partial charge is 0.484 e. The standard InChI is InChI=1S/C35H28F3N3O5S2/c1-16-6-2-3-11-23(16)39-24(42)15-46-20-10-4-7-17(12-20)25-26-21-14-22(29(26)47-31-30(25)48-34(45)40-31)28-27(21)32(43)41(33(28)44)19-9-5-8-18(13-19)35(36,37)38/h2-13,21-22,25-29H,14-15H2,1H3,(H,39,42)(H,40,45)/t21?,22?,25-,26?,27?,28?,29?/m1/s1. The number of imide groups is 1. The molecule has 2 aliphatic heterocycles. The number of hydrogen-bond acceptors (Lipinski definition) is 7. The minimum atomic E-state index is -4.62. The minimum absolute atomic E-state index is 0.0689. The Kier molecular flexibility index (Phi) is 7.33. The van der Waals surface area contributed by atoms with Crippen molar-refractivity contribution >= 4 is 52.2 Å². The van der Waals surface area contributed by atoms with Crippen molar-refractivity contribution in [3.8, 4) is 5.75 Å². The molecule has 3 aromatic carbocycles. The predicted octanol–water partition coefficient (Wildman–Crippen LogP) is 6.46. The number of hydrogen-bond donors (Lipinski definition) is 2. The van der Waals surface area contributed by atoms with Crippen LogP contribution in [-0.2, 0) is 20.6 Å².